The number of nitrogens with zero attached hydrogens (tertiary/aromatic N) is 1. The maximum Gasteiger partial charge on any atom is 0.0331 e. The summed E-state index contributed by atoms with van der Waals surface area (Å²) in [7, 11) is 0. The van der Waals surface area contributed by atoms with Crippen LogP contribution in [0.15, 0.2) is 0 Å². The molecule has 0 bridgehead atoms. The Morgan fingerprint density at radius 1 is 1.00 bits per heavy atom. The number of nitrogens with two attached hydrogens (primary N) is 1. The summed E-state index contributed by atoms with van der Waals surface area (Å²) < 4.78 is 0. The molecule has 96 valence electrons. The Balaban J connectivity index is 2.71. The van der Waals surface area contributed by atoms with Crippen molar-refractivity contribution in [2.45, 2.75) is 58.9 Å². The molecule has 0 radical (unpaired) electrons. The summed E-state index contributed by atoms with van der Waals surface area (Å²) in [4.78, 5) is 2.69. The molecule has 0 amide bonds. The first-order valence-electron chi connectivity index (χ1n) is 6.95. The molecule has 0 atom stereocenters. The van der Waals surface area contributed by atoms with Crippen LogP contribution in [0.1, 0.15) is 53.4 Å². The summed E-state index contributed by atoms with van der Waals surface area (Å²) in [6.45, 7) is 12.5. The lowest BCUT2D eigenvalue weighted by Gasteiger charge is -2.42. The van der Waals surface area contributed by atoms with Gasteiger partial charge in [0.05, 0.1) is 0 Å². The van der Waals surface area contributed by atoms with Gasteiger partial charge < -0.3 is 5.73 Å². The van der Waals surface area contributed by atoms with Gasteiger partial charge in [-0.15, -0.1) is 0 Å². The molecule has 0 aromatic heterocycles. The standard InChI is InChI=1S/C14H30N2/c1-12(2)9-16(10-13(3)4)14(11-15)7-5-6-8-14/h12-13H,5-11,15H2,1-4H3. The Labute approximate surface area is 102 Å². The van der Waals surface area contributed by atoms with Crippen molar-refractivity contribution in [2.75, 3.05) is 19.6 Å². The molecule has 0 aromatic carbocycles. The van der Waals surface area contributed by atoms with E-state index in [9.17, 15) is 0 Å². The fourth-order valence-electron chi connectivity index (χ4n) is 3.03. The second kappa shape index (κ2) is 6.02. The molecular weight excluding hydrogens is 196 g/mol. The highest BCUT2D eigenvalue weighted by atomic mass is 15.2. The number of hydrogen-bond acceptors (Lipinski definition) is 2. The van der Waals surface area contributed by atoms with Crippen molar-refractivity contribution in [1.82, 2.24) is 4.90 Å². The van der Waals surface area contributed by atoms with Crippen molar-refractivity contribution in [1.29, 1.82) is 0 Å². The van der Waals surface area contributed by atoms with Gasteiger partial charge in [-0.25, -0.2) is 0 Å². The zero-order chi connectivity index (χ0) is 12.2. The molecule has 2 N–H and O–H groups in total. The van der Waals surface area contributed by atoms with Gasteiger partial charge in [-0.05, 0) is 24.7 Å². The minimum absolute atomic E-state index is 0.328. The predicted octanol–water partition coefficient (Wildman–Crippen LogP) is 2.87. The van der Waals surface area contributed by atoms with Crippen LogP contribution in [-0.4, -0.2) is 30.1 Å². The molecule has 2 heteroatoms. The molecule has 1 aliphatic rings. The van der Waals surface area contributed by atoms with E-state index < -0.39 is 0 Å². The Bertz CT molecular complexity index is 183. The van der Waals surface area contributed by atoms with Crippen LogP contribution in [0.25, 0.3) is 0 Å². The molecule has 1 fully saturated rings. The maximum absolute atomic E-state index is 6.08. The smallest absolute Gasteiger partial charge is 0.0331 e. The minimum atomic E-state index is 0.328. The van der Waals surface area contributed by atoms with Gasteiger partial charge >= 0.3 is 0 Å². The molecule has 1 saturated carbocycles. The van der Waals surface area contributed by atoms with Crippen molar-refractivity contribution in [3.05, 3.63) is 0 Å². The minimum Gasteiger partial charge on any atom is -0.329 e. The van der Waals surface area contributed by atoms with E-state index in [4.69, 9.17) is 5.73 Å². The molecule has 0 aliphatic heterocycles. The number of rotatable bonds is 6. The third-order valence-electron chi connectivity index (χ3n) is 3.76. The highest BCUT2D eigenvalue weighted by Gasteiger charge is 2.38. The van der Waals surface area contributed by atoms with Gasteiger partial charge in [-0.1, -0.05) is 40.5 Å². The number of hydrogen-bond donors (Lipinski definition) is 1. The largest absolute Gasteiger partial charge is 0.329 e. The van der Waals surface area contributed by atoms with E-state index in [2.05, 4.69) is 32.6 Å². The third-order valence-corrected chi connectivity index (χ3v) is 3.76. The fourth-order valence-corrected chi connectivity index (χ4v) is 3.03. The monoisotopic (exact) mass is 226 g/mol. The van der Waals surface area contributed by atoms with Gasteiger partial charge in [0.2, 0.25) is 0 Å². The molecule has 0 unspecified atom stereocenters. The second-order valence-corrected chi connectivity index (χ2v) is 6.33. The van der Waals surface area contributed by atoms with Crippen molar-refractivity contribution in [2.24, 2.45) is 17.6 Å². The van der Waals surface area contributed by atoms with Crippen molar-refractivity contribution < 1.29 is 0 Å². The average molecular weight is 226 g/mol. The van der Waals surface area contributed by atoms with Gasteiger partial charge in [0, 0.05) is 25.2 Å². The van der Waals surface area contributed by atoms with E-state index in [1.54, 1.807) is 0 Å². The third kappa shape index (κ3) is 3.46. The lowest BCUT2D eigenvalue weighted by molar-refractivity contribution is 0.0725. The van der Waals surface area contributed by atoms with Crippen LogP contribution in [0, 0.1) is 11.8 Å². The highest BCUT2D eigenvalue weighted by molar-refractivity contribution is 4.96. The highest BCUT2D eigenvalue weighted by Crippen LogP contribution is 2.35. The van der Waals surface area contributed by atoms with E-state index in [0.717, 1.165) is 18.4 Å². The van der Waals surface area contributed by atoms with E-state index >= 15 is 0 Å². The topological polar surface area (TPSA) is 29.3 Å². The van der Waals surface area contributed by atoms with E-state index in [1.807, 2.05) is 0 Å². The molecule has 1 rings (SSSR count). The zero-order valence-corrected chi connectivity index (χ0v) is 11.6. The summed E-state index contributed by atoms with van der Waals surface area (Å²) >= 11 is 0. The Morgan fingerprint density at radius 2 is 1.44 bits per heavy atom. The van der Waals surface area contributed by atoms with Crippen molar-refractivity contribution >= 4 is 0 Å². The van der Waals surface area contributed by atoms with Crippen molar-refractivity contribution in [3.8, 4) is 0 Å². The summed E-state index contributed by atoms with van der Waals surface area (Å²) in [5, 5.41) is 0. The SMILES string of the molecule is CC(C)CN(CC(C)C)C1(CN)CCCC1. The summed E-state index contributed by atoms with van der Waals surface area (Å²) in [5.74, 6) is 1.48. The van der Waals surface area contributed by atoms with E-state index in [-0.39, 0.29) is 0 Å². The summed E-state index contributed by atoms with van der Waals surface area (Å²) in [5.41, 5.74) is 6.41. The summed E-state index contributed by atoms with van der Waals surface area (Å²) in [6.07, 6.45) is 5.35. The molecular formula is C14H30N2. The first-order chi connectivity index (χ1) is 7.50. The van der Waals surface area contributed by atoms with Crippen molar-refractivity contribution in [3.63, 3.8) is 0 Å². The second-order valence-electron chi connectivity index (χ2n) is 6.33. The normalized spacial score (nSPS) is 20.2. The van der Waals surface area contributed by atoms with Crippen LogP contribution in [0.4, 0.5) is 0 Å². The molecule has 16 heavy (non-hydrogen) atoms. The maximum atomic E-state index is 6.08. The van der Waals surface area contributed by atoms with Gasteiger partial charge in [-0.2, -0.15) is 0 Å². The molecule has 1 aliphatic carbocycles. The molecule has 0 saturated heterocycles. The fraction of sp³-hybridized carbons (Fsp3) is 1.00. The Kier molecular flexibility index (Phi) is 5.26. The quantitative estimate of drug-likeness (QED) is 0.754. The summed E-state index contributed by atoms with van der Waals surface area (Å²) in [6, 6.07) is 0. The Morgan fingerprint density at radius 3 is 1.75 bits per heavy atom. The molecule has 0 aromatic rings. The first-order valence-corrected chi connectivity index (χ1v) is 6.95. The van der Waals surface area contributed by atoms with Crippen LogP contribution in [0.2, 0.25) is 0 Å². The first kappa shape index (κ1) is 14.0. The van der Waals surface area contributed by atoms with Crippen LogP contribution in [0.5, 0.6) is 0 Å². The Hall–Kier alpha value is -0.0800. The van der Waals surface area contributed by atoms with Gasteiger partial charge in [0.15, 0.2) is 0 Å². The molecule has 0 heterocycles. The zero-order valence-electron chi connectivity index (χ0n) is 11.6. The molecule has 0 spiro atoms. The lowest BCUT2D eigenvalue weighted by atomic mass is 9.92. The van der Waals surface area contributed by atoms with Crippen LogP contribution in [-0.2, 0) is 0 Å². The predicted molar refractivity (Wildman–Crippen MR) is 71.5 cm³/mol. The van der Waals surface area contributed by atoms with Gasteiger partial charge in [0.1, 0.15) is 0 Å². The molecule has 2 nitrogen and oxygen atoms in total. The van der Waals surface area contributed by atoms with Crippen LogP contribution >= 0.6 is 0 Å². The van der Waals surface area contributed by atoms with Crippen LogP contribution in [0.3, 0.4) is 0 Å². The van der Waals surface area contributed by atoms with Gasteiger partial charge in [0.25, 0.3) is 0 Å². The lowest BCUT2D eigenvalue weighted by Crippen LogP contribution is -2.54. The van der Waals surface area contributed by atoms with E-state index in [1.165, 1.54) is 38.8 Å². The van der Waals surface area contributed by atoms with Gasteiger partial charge in [-0.3, -0.25) is 4.90 Å². The average Bonchev–Trinajstić information content (AvgIpc) is 2.64. The van der Waals surface area contributed by atoms with E-state index in [0.29, 0.717) is 5.54 Å². The van der Waals surface area contributed by atoms with Crippen LogP contribution < -0.4 is 5.73 Å².